The average molecular weight is 226 g/mol. The standard InChI is InChI=1S/C13H26N2O/c1-2-11-10-15(8-6-13(11)14)7-5-12-4-3-9-16-12/h11-13H,2-10,14H2,1H3. The Labute approximate surface area is 99.3 Å². The fourth-order valence-corrected chi connectivity index (χ4v) is 2.96. The quantitative estimate of drug-likeness (QED) is 0.791. The summed E-state index contributed by atoms with van der Waals surface area (Å²) in [6.07, 6.45) is 6.67. The van der Waals surface area contributed by atoms with Crippen LogP contribution in [-0.4, -0.2) is 43.3 Å². The Morgan fingerprint density at radius 3 is 2.94 bits per heavy atom. The Kier molecular flexibility index (Phi) is 4.62. The van der Waals surface area contributed by atoms with E-state index in [1.807, 2.05) is 0 Å². The number of ether oxygens (including phenoxy) is 1. The lowest BCUT2D eigenvalue weighted by Gasteiger charge is -2.36. The van der Waals surface area contributed by atoms with Gasteiger partial charge in [-0.3, -0.25) is 0 Å². The number of nitrogens with two attached hydrogens (primary N) is 1. The summed E-state index contributed by atoms with van der Waals surface area (Å²) < 4.78 is 5.67. The number of nitrogens with zero attached hydrogens (tertiary/aromatic N) is 1. The van der Waals surface area contributed by atoms with Crippen LogP contribution in [-0.2, 0) is 4.74 Å². The second-order valence-corrected chi connectivity index (χ2v) is 5.35. The maximum atomic E-state index is 6.12. The van der Waals surface area contributed by atoms with Crippen LogP contribution in [0.3, 0.4) is 0 Å². The maximum Gasteiger partial charge on any atom is 0.0588 e. The van der Waals surface area contributed by atoms with E-state index in [2.05, 4.69) is 11.8 Å². The van der Waals surface area contributed by atoms with E-state index in [9.17, 15) is 0 Å². The average Bonchev–Trinajstić information content (AvgIpc) is 2.81. The minimum absolute atomic E-state index is 0.434. The van der Waals surface area contributed by atoms with Gasteiger partial charge in [-0.25, -0.2) is 0 Å². The van der Waals surface area contributed by atoms with Crippen LogP contribution in [0.2, 0.25) is 0 Å². The fourth-order valence-electron chi connectivity index (χ4n) is 2.96. The van der Waals surface area contributed by atoms with Crippen molar-refractivity contribution in [2.75, 3.05) is 26.2 Å². The smallest absolute Gasteiger partial charge is 0.0588 e. The zero-order valence-electron chi connectivity index (χ0n) is 10.5. The Morgan fingerprint density at radius 2 is 2.25 bits per heavy atom. The lowest BCUT2D eigenvalue weighted by molar-refractivity contribution is 0.0797. The third-order valence-electron chi connectivity index (χ3n) is 4.19. The number of hydrogen-bond donors (Lipinski definition) is 1. The van der Waals surface area contributed by atoms with Crippen LogP contribution in [0.25, 0.3) is 0 Å². The number of rotatable bonds is 4. The van der Waals surface area contributed by atoms with Gasteiger partial charge >= 0.3 is 0 Å². The lowest BCUT2D eigenvalue weighted by Crippen LogP contribution is -2.47. The zero-order chi connectivity index (χ0) is 11.4. The lowest BCUT2D eigenvalue weighted by atomic mass is 9.90. The summed E-state index contributed by atoms with van der Waals surface area (Å²) in [5.74, 6) is 0.707. The second-order valence-electron chi connectivity index (χ2n) is 5.35. The van der Waals surface area contributed by atoms with Crippen LogP contribution in [0.4, 0.5) is 0 Å². The van der Waals surface area contributed by atoms with Crippen molar-refractivity contribution in [2.24, 2.45) is 11.7 Å². The van der Waals surface area contributed by atoms with Gasteiger partial charge in [0.2, 0.25) is 0 Å². The number of piperidine rings is 1. The molecule has 0 amide bonds. The molecule has 2 heterocycles. The predicted octanol–water partition coefficient (Wildman–Crippen LogP) is 1.61. The minimum atomic E-state index is 0.434. The van der Waals surface area contributed by atoms with Gasteiger partial charge in [0.05, 0.1) is 6.10 Å². The van der Waals surface area contributed by atoms with Gasteiger partial charge in [-0.05, 0) is 38.1 Å². The summed E-state index contributed by atoms with van der Waals surface area (Å²) in [6.45, 7) is 6.82. The van der Waals surface area contributed by atoms with E-state index >= 15 is 0 Å². The summed E-state index contributed by atoms with van der Waals surface area (Å²) in [6, 6.07) is 0.434. The molecule has 2 aliphatic heterocycles. The molecular formula is C13H26N2O. The molecule has 2 fully saturated rings. The molecule has 3 heteroatoms. The highest BCUT2D eigenvalue weighted by molar-refractivity contribution is 4.82. The highest BCUT2D eigenvalue weighted by Crippen LogP contribution is 2.21. The van der Waals surface area contributed by atoms with E-state index < -0.39 is 0 Å². The molecule has 3 unspecified atom stereocenters. The molecule has 0 aromatic carbocycles. The molecule has 0 aliphatic carbocycles. The molecule has 0 radical (unpaired) electrons. The molecule has 2 saturated heterocycles. The number of hydrogen-bond acceptors (Lipinski definition) is 3. The van der Waals surface area contributed by atoms with Gasteiger partial charge in [0, 0.05) is 25.7 Å². The second kappa shape index (κ2) is 5.99. The van der Waals surface area contributed by atoms with Crippen LogP contribution >= 0.6 is 0 Å². The summed E-state index contributed by atoms with van der Waals surface area (Å²) in [5, 5.41) is 0. The first-order valence-electron chi connectivity index (χ1n) is 6.89. The van der Waals surface area contributed by atoms with Gasteiger partial charge in [-0.2, -0.15) is 0 Å². The van der Waals surface area contributed by atoms with Crippen LogP contribution < -0.4 is 5.73 Å². The summed E-state index contributed by atoms with van der Waals surface area (Å²) in [5.41, 5.74) is 6.12. The third kappa shape index (κ3) is 3.19. The van der Waals surface area contributed by atoms with Gasteiger partial charge in [0.25, 0.3) is 0 Å². The van der Waals surface area contributed by atoms with Gasteiger partial charge in [-0.1, -0.05) is 13.3 Å². The van der Waals surface area contributed by atoms with Crippen molar-refractivity contribution >= 4 is 0 Å². The van der Waals surface area contributed by atoms with Crippen molar-refractivity contribution in [3.05, 3.63) is 0 Å². The largest absolute Gasteiger partial charge is 0.378 e. The van der Waals surface area contributed by atoms with Crippen molar-refractivity contribution in [3.63, 3.8) is 0 Å². The topological polar surface area (TPSA) is 38.5 Å². The first-order chi connectivity index (χ1) is 7.79. The van der Waals surface area contributed by atoms with Crippen molar-refractivity contribution in [3.8, 4) is 0 Å². The molecule has 2 aliphatic rings. The van der Waals surface area contributed by atoms with E-state index in [1.54, 1.807) is 0 Å². The van der Waals surface area contributed by atoms with Crippen molar-refractivity contribution in [1.29, 1.82) is 0 Å². The first kappa shape index (κ1) is 12.3. The Balaban J connectivity index is 1.69. The molecule has 0 saturated carbocycles. The van der Waals surface area contributed by atoms with E-state index in [0.29, 0.717) is 18.1 Å². The van der Waals surface area contributed by atoms with Gasteiger partial charge in [0.15, 0.2) is 0 Å². The van der Waals surface area contributed by atoms with Crippen LogP contribution in [0.5, 0.6) is 0 Å². The summed E-state index contributed by atoms with van der Waals surface area (Å²) in [7, 11) is 0. The van der Waals surface area contributed by atoms with E-state index in [0.717, 1.165) is 6.61 Å². The van der Waals surface area contributed by atoms with Gasteiger partial charge in [-0.15, -0.1) is 0 Å². The van der Waals surface area contributed by atoms with Crippen LogP contribution in [0, 0.1) is 5.92 Å². The minimum Gasteiger partial charge on any atom is -0.378 e. The molecule has 0 aromatic heterocycles. The summed E-state index contributed by atoms with van der Waals surface area (Å²) in [4.78, 5) is 2.58. The SMILES string of the molecule is CCC1CN(CCC2CCCO2)CCC1N. The van der Waals surface area contributed by atoms with Crippen LogP contribution in [0.1, 0.15) is 39.0 Å². The number of likely N-dealkylation sites (tertiary alicyclic amines) is 1. The summed E-state index contributed by atoms with van der Waals surface area (Å²) >= 11 is 0. The highest BCUT2D eigenvalue weighted by Gasteiger charge is 2.25. The molecule has 2 N–H and O–H groups in total. The van der Waals surface area contributed by atoms with Gasteiger partial charge in [0.1, 0.15) is 0 Å². The Hall–Kier alpha value is -0.120. The van der Waals surface area contributed by atoms with E-state index in [4.69, 9.17) is 10.5 Å². The molecule has 0 bridgehead atoms. The normalized spacial score (nSPS) is 36.8. The fraction of sp³-hybridized carbons (Fsp3) is 1.00. The Morgan fingerprint density at radius 1 is 1.38 bits per heavy atom. The molecule has 2 rings (SSSR count). The molecular weight excluding hydrogens is 200 g/mol. The third-order valence-corrected chi connectivity index (χ3v) is 4.19. The Bertz CT molecular complexity index is 204. The van der Waals surface area contributed by atoms with Crippen molar-refractivity contribution in [1.82, 2.24) is 4.90 Å². The predicted molar refractivity (Wildman–Crippen MR) is 66.4 cm³/mol. The monoisotopic (exact) mass is 226 g/mol. The molecule has 3 nitrogen and oxygen atoms in total. The maximum absolute atomic E-state index is 6.12. The molecule has 0 spiro atoms. The highest BCUT2D eigenvalue weighted by atomic mass is 16.5. The molecule has 0 aromatic rings. The van der Waals surface area contributed by atoms with Crippen LogP contribution in [0.15, 0.2) is 0 Å². The van der Waals surface area contributed by atoms with Crippen molar-refractivity contribution in [2.45, 2.75) is 51.2 Å². The first-order valence-corrected chi connectivity index (χ1v) is 6.89. The van der Waals surface area contributed by atoms with E-state index in [-0.39, 0.29) is 0 Å². The van der Waals surface area contributed by atoms with E-state index in [1.165, 1.54) is 51.7 Å². The van der Waals surface area contributed by atoms with Crippen molar-refractivity contribution < 1.29 is 4.74 Å². The zero-order valence-corrected chi connectivity index (χ0v) is 10.5. The van der Waals surface area contributed by atoms with Gasteiger partial charge < -0.3 is 15.4 Å². The molecule has 16 heavy (non-hydrogen) atoms. The molecule has 94 valence electrons. The molecule has 3 atom stereocenters.